The maximum absolute atomic E-state index is 15.0. The molecular weight excluding hydrogens is 683 g/mol. The van der Waals surface area contributed by atoms with E-state index < -0.39 is 5.54 Å². The molecular formula is C47H43N5O3. The van der Waals surface area contributed by atoms with Crippen LogP contribution in [-0.2, 0) is 16.9 Å². The van der Waals surface area contributed by atoms with Gasteiger partial charge in [-0.2, -0.15) is 5.10 Å². The smallest absolute Gasteiger partial charge is 0.279 e. The van der Waals surface area contributed by atoms with Gasteiger partial charge in [0.05, 0.1) is 12.2 Å². The SMILES string of the molecule is CCN(CC)c1ccc2c(c1)Oc1cc(N(CC)CC)ccc1C21c2ccccc2C(=O)N1/N=C1/C(=O)N(Cc2ccc3ccccc3c2)c2ccccc21. The summed E-state index contributed by atoms with van der Waals surface area (Å²) in [6, 6.07) is 42.5. The molecule has 3 aliphatic rings. The van der Waals surface area contributed by atoms with Gasteiger partial charge in [-0.05, 0) is 74.4 Å². The molecule has 6 aromatic rings. The second kappa shape index (κ2) is 13.5. The van der Waals surface area contributed by atoms with Crippen LogP contribution in [0, 0.1) is 0 Å². The second-order valence-corrected chi connectivity index (χ2v) is 14.2. The summed E-state index contributed by atoms with van der Waals surface area (Å²) in [7, 11) is 0. The Labute approximate surface area is 321 Å². The first kappa shape index (κ1) is 34.4. The lowest BCUT2D eigenvalue weighted by Crippen LogP contribution is -2.45. The number of hydrazone groups is 1. The lowest BCUT2D eigenvalue weighted by Gasteiger charge is -2.42. The maximum Gasteiger partial charge on any atom is 0.279 e. The molecule has 0 bridgehead atoms. The molecule has 274 valence electrons. The van der Waals surface area contributed by atoms with Crippen LogP contribution in [0.25, 0.3) is 10.8 Å². The van der Waals surface area contributed by atoms with E-state index in [0.29, 0.717) is 29.2 Å². The molecule has 0 aliphatic carbocycles. The topological polar surface area (TPSA) is 68.7 Å². The van der Waals surface area contributed by atoms with Crippen molar-refractivity contribution in [1.29, 1.82) is 0 Å². The van der Waals surface area contributed by atoms with Crippen molar-refractivity contribution in [3.63, 3.8) is 0 Å². The van der Waals surface area contributed by atoms with Crippen LogP contribution in [0.15, 0.2) is 132 Å². The van der Waals surface area contributed by atoms with Crippen molar-refractivity contribution < 1.29 is 14.3 Å². The summed E-state index contributed by atoms with van der Waals surface area (Å²) in [4.78, 5) is 36.1. The van der Waals surface area contributed by atoms with Gasteiger partial charge in [0, 0.05) is 77.5 Å². The molecule has 0 atom stereocenters. The molecule has 0 fully saturated rings. The number of anilines is 3. The van der Waals surface area contributed by atoms with Gasteiger partial charge in [0.15, 0.2) is 5.71 Å². The Morgan fingerprint density at radius 3 is 1.82 bits per heavy atom. The van der Waals surface area contributed by atoms with E-state index in [0.717, 1.165) is 76.3 Å². The highest BCUT2D eigenvalue weighted by molar-refractivity contribution is 6.54. The van der Waals surface area contributed by atoms with Crippen molar-refractivity contribution in [3.05, 3.63) is 161 Å². The minimum absolute atomic E-state index is 0.228. The summed E-state index contributed by atoms with van der Waals surface area (Å²) in [5.41, 5.74) is 6.45. The van der Waals surface area contributed by atoms with E-state index in [9.17, 15) is 9.59 Å². The molecule has 0 unspecified atom stereocenters. The van der Waals surface area contributed by atoms with E-state index in [4.69, 9.17) is 9.84 Å². The Bertz CT molecular complexity index is 2470. The standard InChI is InChI=1S/C47H43N5O3/c1-5-49(6-2)34-23-25-39-42(28-34)55-43-29-35(50(7-3)8-4)24-26-40(43)47(39)38-19-13-11-17-36(38)45(53)52(47)48-44-37-18-12-14-20-41(37)51(46(44)54)30-31-21-22-32-15-9-10-16-33(32)27-31/h9-29H,5-8,30H2,1-4H3/b48-44+. The van der Waals surface area contributed by atoms with Crippen molar-refractivity contribution >= 4 is 45.4 Å². The molecule has 1 spiro atoms. The number of benzene rings is 6. The lowest BCUT2D eigenvalue weighted by atomic mass is 9.75. The van der Waals surface area contributed by atoms with Crippen LogP contribution >= 0.6 is 0 Å². The zero-order valence-corrected chi connectivity index (χ0v) is 31.6. The molecule has 0 saturated carbocycles. The molecule has 6 aromatic carbocycles. The number of ether oxygens (including phenoxy) is 1. The first-order chi connectivity index (χ1) is 26.9. The van der Waals surface area contributed by atoms with Crippen LogP contribution in [0.3, 0.4) is 0 Å². The molecule has 55 heavy (non-hydrogen) atoms. The Balaban J connectivity index is 1.25. The molecule has 0 saturated heterocycles. The van der Waals surface area contributed by atoms with Gasteiger partial charge in [-0.1, -0.05) is 84.9 Å². The highest BCUT2D eigenvalue weighted by Gasteiger charge is 2.58. The Kier molecular flexibility index (Phi) is 8.41. The monoisotopic (exact) mass is 725 g/mol. The molecule has 0 aromatic heterocycles. The van der Waals surface area contributed by atoms with Gasteiger partial charge in [-0.15, -0.1) is 0 Å². The van der Waals surface area contributed by atoms with Crippen molar-refractivity contribution in [1.82, 2.24) is 5.01 Å². The largest absolute Gasteiger partial charge is 0.456 e. The fourth-order valence-corrected chi connectivity index (χ4v) is 8.76. The number of nitrogens with zero attached hydrogens (tertiary/aromatic N) is 5. The van der Waals surface area contributed by atoms with Gasteiger partial charge in [0.2, 0.25) is 0 Å². The van der Waals surface area contributed by atoms with Gasteiger partial charge in [-0.3, -0.25) is 9.59 Å². The summed E-state index contributed by atoms with van der Waals surface area (Å²) < 4.78 is 6.87. The van der Waals surface area contributed by atoms with Gasteiger partial charge in [0.25, 0.3) is 11.8 Å². The van der Waals surface area contributed by atoms with E-state index in [1.807, 2.05) is 60.7 Å². The molecule has 2 amide bonds. The second-order valence-electron chi connectivity index (χ2n) is 14.2. The Morgan fingerprint density at radius 2 is 1.16 bits per heavy atom. The summed E-state index contributed by atoms with van der Waals surface area (Å²) >= 11 is 0. The van der Waals surface area contributed by atoms with E-state index in [1.165, 1.54) is 0 Å². The fraction of sp³-hybridized carbons (Fsp3) is 0.213. The van der Waals surface area contributed by atoms with E-state index in [2.05, 4.69) is 104 Å². The number of fused-ring (bicyclic) bond motifs is 8. The average Bonchev–Trinajstić information content (AvgIpc) is 3.62. The van der Waals surface area contributed by atoms with Crippen LogP contribution in [0.2, 0.25) is 0 Å². The Morgan fingerprint density at radius 1 is 0.582 bits per heavy atom. The highest BCUT2D eigenvalue weighted by Crippen LogP contribution is 2.58. The minimum Gasteiger partial charge on any atom is -0.456 e. The normalized spacial score (nSPS) is 15.6. The summed E-state index contributed by atoms with van der Waals surface area (Å²) in [5.74, 6) is 0.772. The molecule has 3 aliphatic heterocycles. The van der Waals surface area contributed by atoms with Crippen molar-refractivity contribution in [2.24, 2.45) is 5.10 Å². The van der Waals surface area contributed by atoms with Crippen molar-refractivity contribution in [2.45, 2.75) is 39.8 Å². The summed E-state index contributed by atoms with van der Waals surface area (Å²) in [5, 5.41) is 9.04. The number of hydrogen-bond donors (Lipinski definition) is 0. The molecule has 0 N–H and O–H groups in total. The summed E-state index contributed by atoms with van der Waals surface area (Å²) in [6.07, 6.45) is 0. The number of carbonyl (C=O) groups excluding carboxylic acids is 2. The number of amides is 2. The van der Waals surface area contributed by atoms with Crippen LogP contribution < -0.4 is 19.4 Å². The number of carbonyl (C=O) groups is 2. The van der Waals surface area contributed by atoms with Crippen molar-refractivity contribution in [2.75, 3.05) is 40.9 Å². The molecule has 9 rings (SSSR count). The highest BCUT2D eigenvalue weighted by atomic mass is 16.5. The minimum atomic E-state index is -1.21. The Hall–Kier alpha value is -6.41. The van der Waals surface area contributed by atoms with Gasteiger partial charge in [0.1, 0.15) is 17.0 Å². The lowest BCUT2D eigenvalue weighted by molar-refractivity contribution is -0.112. The third kappa shape index (κ3) is 5.22. The average molecular weight is 726 g/mol. The van der Waals surface area contributed by atoms with Gasteiger partial charge in [-0.25, -0.2) is 5.01 Å². The third-order valence-corrected chi connectivity index (χ3v) is 11.5. The van der Waals surface area contributed by atoms with Crippen molar-refractivity contribution in [3.8, 4) is 11.5 Å². The fourth-order valence-electron chi connectivity index (χ4n) is 8.76. The first-order valence-electron chi connectivity index (χ1n) is 19.3. The zero-order valence-electron chi connectivity index (χ0n) is 31.6. The predicted octanol–water partition coefficient (Wildman–Crippen LogP) is 9.34. The number of hydrogen-bond acceptors (Lipinski definition) is 6. The summed E-state index contributed by atoms with van der Waals surface area (Å²) in [6.45, 7) is 12.3. The van der Waals surface area contributed by atoms with Gasteiger partial charge >= 0.3 is 0 Å². The number of rotatable bonds is 9. The molecule has 0 radical (unpaired) electrons. The quantitative estimate of drug-likeness (QED) is 0.149. The van der Waals surface area contributed by atoms with E-state index in [-0.39, 0.29) is 17.5 Å². The van der Waals surface area contributed by atoms with Gasteiger partial charge < -0.3 is 19.4 Å². The predicted molar refractivity (Wildman–Crippen MR) is 221 cm³/mol. The zero-order chi connectivity index (χ0) is 37.8. The first-order valence-corrected chi connectivity index (χ1v) is 19.3. The van der Waals surface area contributed by atoms with Crippen LogP contribution in [0.4, 0.5) is 17.1 Å². The number of para-hydroxylation sites is 1. The molecule has 8 heteroatoms. The van der Waals surface area contributed by atoms with E-state index >= 15 is 0 Å². The molecule has 8 nitrogen and oxygen atoms in total. The van der Waals surface area contributed by atoms with E-state index in [1.54, 1.807) is 9.91 Å². The molecule has 3 heterocycles. The third-order valence-electron chi connectivity index (χ3n) is 11.5. The maximum atomic E-state index is 15.0. The van der Waals surface area contributed by atoms with Crippen LogP contribution in [-0.4, -0.2) is 48.7 Å². The van der Waals surface area contributed by atoms with Crippen LogP contribution in [0.5, 0.6) is 11.5 Å². The van der Waals surface area contributed by atoms with Crippen LogP contribution in [0.1, 0.15) is 65.9 Å².